The van der Waals surface area contributed by atoms with Crippen molar-refractivity contribution in [3.05, 3.63) is 18.2 Å². The van der Waals surface area contributed by atoms with Gasteiger partial charge in [-0.3, -0.25) is 14.4 Å². The van der Waals surface area contributed by atoms with E-state index in [4.69, 9.17) is 4.74 Å². The molecule has 0 aromatic heterocycles. The number of ether oxygens (including phenoxy) is 1. The Kier molecular flexibility index (Phi) is 4.42. The van der Waals surface area contributed by atoms with Crippen molar-refractivity contribution in [3.63, 3.8) is 0 Å². The summed E-state index contributed by atoms with van der Waals surface area (Å²) in [4.78, 5) is 39.0. The molecule has 7 nitrogen and oxygen atoms in total. The summed E-state index contributed by atoms with van der Waals surface area (Å²) in [5, 5.41) is 2.78. The molecule has 1 atom stereocenters. The van der Waals surface area contributed by atoms with Gasteiger partial charge in [-0.2, -0.15) is 0 Å². The number of nitrogens with one attached hydrogen (secondary N) is 1. The molecule has 1 saturated heterocycles. The monoisotopic (exact) mass is 331 g/mol. The maximum atomic E-state index is 12.2. The average molecular weight is 331 g/mol. The van der Waals surface area contributed by atoms with Crippen molar-refractivity contribution in [1.29, 1.82) is 0 Å². The second kappa shape index (κ2) is 6.51. The van der Waals surface area contributed by atoms with Crippen LogP contribution in [0.15, 0.2) is 18.2 Å². The molecular formula is C17H21N3O4. The summed E-state index contributed by atoms with van der Waals surface area (Å²) in [5.74, 6) is 0.248. The predicted molar refractivity (Wildman–Crippen MR) is 89.0 cm³/mol. The lowest BCUT2D eigenvalue weighted by Crippen LogP contribution is -2.42. The quantitative estimate of drug-likeness (QED) is 0.907. The van der Waals surface area contributed by atoms with Gasteiger partial charge in [0.1, 0.15) is 5.75 Å². The summed E-state index contributed by atoms with van der Waals surface area (Å²) in [7, 11) is 1.68. The molecule has 0 aliphatic carbocycles. The highest BCUT2D eigenvalue weighted by molar-refractivity contribution is 6.01. The lowest BCUT2D eigenvalue weighted by molar-refractivity contribution is -0.136. The molecule has 3 amide bonds. The number of nitrogens with zero attached hydrogens (tertiary/aromatic N) is 2. The Bertz CT molecular complexity index is 688. The number of amides is 3. The second-order valence-corrected chi connectivity index (χ2v) is 6.16. The number of hydrogen-bond donors (Lipinski definition) is 1. The van der Waals surface area contributed by atoms with Crippen molar-refractivity contribution >= 4 is 29.1 Å². The van der Waals surface area contributed by atoms with Gasteiger partial charge in [0.25, 0.3) is 5.91 Å². The van der Waals surface area contributed by atoms with E-state index in [1.807, 2.05) is 0 Å². The lowest BCUT2D eigenvalue weighted by atomic mass is 10.1. The van der Waals surface area contributed by atoms with E-state index < -0.39 is 6.10 Å². The van der Waals surface area contributed by atoms with Gasteiger partial charge >= 0.3 is 0 Å². The van der Waals surface area contributed by atoms with Crippen LogP contribution in [0.2, 0.25) is 0 Å². The van der Waals surface area contributed by atoms with Gasteiger partial charge in [-0.1, -0.05) is 0 Å². The average Bonchev–Trinajstić information content (AvgIpc) is 2.55. The molecule has 1 aromatic rings. The molecule has 1 aromatic carbocycles. The fourth-order valence-electron chi connectivity index (χ4n) is 2.99. The van der Waals surface area contributed by atoms with E-state index in [1.54, 1.807) is 37.1 Å². The topological polar surface area (TPSA) is 79.0 Å². The highest BCUT2D eigenvalue weighted by atomic mass is 16.5. The Morgan fingerprint density at radius 3 is 2.88 bits per heavy atom. The summed E-state index contributed by atoms with van der Waals surface area (Å²) in [6.07, 6.45) is 1.81. The fourth-order valence-corrected chi connectivity index (χ4v) is 2.99. The molecule has 2 aliphatic rings. The summed E-state index contributed by atoms with van der Waals surface area (Å²) < 4.78 is 5.55. The molecule has 1 unspecified atom stereocenters. The zero-order chi connectivity index (χ0) is 17.3. The van der Waals surface area contributed by atoms with E-state index in [0.717, 1.165) is 12.8 Å². The van der Waals surface area contributed by atoms with E-state index >= 15 is 0 Å². The number of likely N-dealkylation sites (tertiary alicyclic amines) is 1. The number of carbonyl (C=O) groups excluding carboxylic acids is 3. The summed E-state index contributed by atoms with van der Waals surface area (Å²) >= 11 is 0. The van der Waals surface area contributed by atoms with Gasteiger partial charge in [-0.15, -0.1) is 0 Å². The van der Waals surface area contributed by atoms with E-state index in [2.05, 4.69) is 5.32 Å². The van der Waals surface area contributed by atoms with Crippen LogP contribution in [0.3, 0.4) is 0 Å². The fraction of sp³-hybridized carbons (Fsp3) is 0.471. The van der Waals surface area contributed by atoms with Gasteiger partial charge < -0.3 is 19.9 Å². The summed E-state index contributed by atoms with van der Waals surface area (Å²) in [6, 6.07) is 5.16. The van der Waals surface area contributed by atoms with Gasteiger partial charge in [0.15, 0.2) is 6.10 Å². The number of carbonyl (C=O) groups is 3. The molecular weight excluding hydrogens is 310 g/mol. The molecule has 1 fully saturated rings. The molecule has 0 bridgehead atoms. The van der Waals surface area contributed by atoms with E-state index in [0.29, 0.717) is 30.1 Å². The highest BCUT2D eigenvalue weighted by Gasteiger charge is 2.29. The number of benzene rings is 1. The van der Waals surface area contributed by atoms with Crippen LogP contribution in [0.5, 0.6) is 5.75 Å². The number of anilines is 2. The van der Waals surface area contributed by atoms with Gasteiger partial charge in [0.2, 0.25) is 11.8 Å². The van der Waals surface area contributed by atoms with Gasteiger partial charge in [-0.25, -0.2) is 0 Å². The third-order valence-corrected chi connectivity index (χ3v) is 4.34. The minimum Gasteiger partial charge on any atom is -0.479 e. The van der Waals surface area contributed by atoms with Crippen molar-refractivity contribution < 1.29 is 19.1 Å². The maximum absolute atomic E-state index is 12.2. The first-order valence-corrected chi connectivity index (χ1v) is 8.11. The van der Waals surface area contributed by atoms with Gasteiger partial charge in [0, 0.05) is 25.7 Å². The Hall–Kier alpha value is -2.57. The summed E-state index contributed by atoms with van der Waals surface area (Å²) in [6.45, 7) is 2.38. The maximum Gasteiger partial charge on any atom is 0.267 e. The molecule has 7 heteroatoms. The highest BCUT2D eigenvalue weighted by Crippen LogP contribution is 2.35. The SMILES string of the molecule is CC1Oc2ccc(NC(=O)CN3CCCCC3=O)cc2N(C)C1=O. The molecule has 128 valence electrons. The zero-order valence-corrected chi connectivity index (χ0v) is 13.9. The first-order chi connectivity index (χ1) is 11.5. The first kappa shape index (κ1) is 16.3. The Labute approximate surface area is 140 Å². The predicted octanol–water partition coefficient (Wildman–Crippen LogP) is 1.38. The van der Waals surface area contributed by atoms with Gasteiger partial charge in [0.05, 0.1) is 12.2 Å². The van der Waals surface area contributed by atoms with Crippen LogP contribution in [0.1, 0.15) is 26.2 Å². The van der Waals surface area contributed by atoms with Crippen molar-refractivity contribution in [1.82, 2.24) is 4.90 Å². The third-order valence-electron chi connectivity index (χ3n) is 4.34. The van der Waals surface area contributed by atoms with Crippen molar-refractivity contribution in [2.24, 2.45) is 0 Å². The third kappa shape index (κ3) is 3.20. The molecule has 0 spiro atoms. The van der Waals surface area contributed by atoms with Crippen LogP contribution < -0.4 is 15.0 Å². The Morgan fingerprint density at radius 2 is 2.12 bits per heavy atom. The zero-order valence-electron chi connectivity index (χ0n) is 13.9. The van der Waals surface area contributed by atoms with Crippen molar-refractivity contribution in [2.45, 2.75) is 32.3 Å². The van der Waals surface area contributed by atoms with Crippen LogP contribution in [0.4, 0.5) is 11.4 Å². The van der Waals surface area contributed by atoms with Crippen LogP contribution in [0.25, 0.3) is 0 Å². The first-order valence-electron chi connectivity index (χ1n) is 8.11. The van der Waals surface area contributed by atoms with Gasteiger partial charge in [-0.05, 0) is 38.0 Å². The largest absolute Gasteiger partial charge is 0.479 e. The molecule has 24 heavy (non-hydrogen) atoms. The Morgan fingerprint density at radius 1 is 1.33 bits per heavy atom. The van der Waals surface area contributed by atoms with Crippen molar-refractivity contribution in [2.75, 3.05) is 30.4 Å². The van der Waals surface area contributed by atoms with Crippen LogP contribution in [-0.4, -0.2) is 48.9 Å². The standard InChI is InChI=1S/C17H21N3O4/c1-11-17(23)19(2)13-9-12(6-7-14(13)24-11)18-15(21)10-20-8-4-3-5-16(20)22/h6-7,9,11H,3-5,8,10H2,1-2H3,(H,18,21). The molecule has 3 rings (SSSR count). The molecule has 0 radical (unpaired) electrons. The van der Waals surface area contributed by atoms with E-state index in [-0.39, 0.29) is 24.3 Å². The van der Waals surface area contributed by atoms with Crippen molar-refractivity contribution in [3.8, 4) is 5.75 Å². The van der Waals surface area contributed by atoms with E-state index in [1.165, 1.54) is 4.90 Å². The smallest absolute Gasteiger partial charge is 0.267 e. The van der Waals surface area contributed by atoms with Crippen LogP contribution in [-0.2, 0) is 14.4 Å². The molecule has 0 saturated carbocycles. The molecule has 2 aliphatic heterocycles. The number of rotatable bonds is 3. The summed E-state index contributed by atoms with van der Waals surface area (Å²) in [5.41, 5.74) is 1.19. The minimum absolute atomic E-state index is 0.0227. The van der Waals surface area contributed by atoms with E-state index in [9.17, 15) is 14.4 Å². The van der Waals surface area contributed by atoms with Crippen LogP contribution >= 0.6 is 0 Å². The number of hydrogen-bond acceptors (Lipinski definition) is 4. The Balaban J connectivity index is 1.69. The molecule has 2 heterocycles. The minimum atomic E-state index is -0.520. The normalized spacial score (nSPS) is 20.5. The molecule has 1 N–H and O–H groups in total. The lowest BCUT2D eigenvalue weighted by Gasteiger charge is -2.30. The number of likely N-dealkylation sites (N-methyl/N-ethyl adjacent to an activating group) is 1. The second-order valence-electron chi connectivity index (χ2n) is 6.16. The number of piperidine rings is 1. The van der Waals surface area contributed by atoms with Crippen LogP contribution in [0, 0.1) is 0 Å². The number of fused-ring (bicyclic) bond motifs is 1.